The Morgan fingerprint density at radius 1 is 1.45 bits per heavy atom. The van der Waals surface area contributed by atoms with E-state index in [1.165, 1.54) is 7.11 Å². The fourth-order valence-electron chi connectivity index (χ4n) is 1.60. The van der Waals surface area contributed by atoms with Crippen molar-refractivity contribution in [2.24, 2.45) is 5.73 Å². The number of nitrogens with two attached hydrogens (primary N) is 1. The largest absolute Gasteiger partial charge is 0.497 e. The number of benzene rings is 1. The topological polar surface area (TPSA) is 93.8 Å². The number of carbonyl (C=O) groups excluding carboxylic acids is 1. The molecule has 1 atom stereocenters. The number of rotatable bonds is 4. The Bertz CT molecular complexity index is 469. The molecule has 0 aliphatic rings. The molecule has 6 heteroatoms. The number of hydrogen-bond acceptors (Lipinski definition) is 5. The van der Waals surface area contributed by atoms with Gasteiger partial charge in [0.15, 0.2) is 0 Å². The van der Waals surface area contributed by atoms with Crippen LogP contribution in [-0.2, 0) is 4.74 Å². The quantitative estimate of drug-likeness (QED) is 0.785. The third-order valence-electron chi connectivity index (χ3n) is 2.48. The summed E-state index contributed by atoms with van der Waals surface area (Å²) in [6.45, 7) is 5.37. The highest BCUT2D eigenvalue weighted by molar-refractivity contribution is 5.86. The molecule has 1 amide bonds. The zero-order valence-electron chi connectivity index (χ0n) is 12.3. The summed E-state index contributed by atoms with van der Waals surface area (Å²) in [5.74, 6) is 0.559. The van der Waals surface area contributed by atoms with Gasteiger partial charge in [-0.2, -0.15) is 0 Å². The van der Waals surface area contributed by atoms with Crippen LogP contribution in [0, 0.1) is 0 Å². The van der Waals surface area contributed by atoms with Crippen molar-refractivity contribution in [2.45, 2.75) is 32.5 Å². The number of amides is 1. The minimum Gasteiger partial charge on any atom is -0.497 e. The summed E-state index contributed by atoms with van der Waals surface area (Å²) < 4.78 is 10.3. The van der Waals surface area contributed by atoms with Gasteiger partial charge < -0.3 is 20.3 Å². The minimum atomic E-state index is -0.870. The maximum atomic E-state index is 11.8. The molecule has 0 heterocycles. The highest BCUT2D eigenvalue weighted by Crippen LogP contribution is 2.27. The average molecular weight is 282 g/mol. The lowest BCUT2D eigenvalue weighted by Crippen LogP contribution is -2.28. The Balaban J connectivity index is 2.98. The number of anilines is 1. The molecule has 0 bridgehead atoms. The van der Waals surface area contributed by atoms with E-state index in [0.717, 1.165) is 0 Å². The fraction of sp³-hybridized carbons (Fsp3) is 0.500. The molecule has 0 saturated heterocycles. The lowest BCUT2D eigenvalue weighted by molar-refractivity contribution is 0.0635. The Kier molecular flexibility index (Phi) is 5.35. The van der Waals surface area contributed by atoms with E-state index in [1.54, 1.807) is 39.0 Å². The van der Waals surface area contributed by atoms with E-state index in [1.807, 2.05) is 0 Å². The molecule has 0 radical (unpaired) electrons. The van der Waals surface area contributed by atoms with E-state index in [2.05, 4.69) is 5.32 Å². The van der Waals surface area contributed by atoms with Gasteiger partial charge in [-0.15, -0.1) is 0 Å². The van der Waals surface area contributed by atoms with Gasteiger partial charge in [-0.25, -0.2) is 4.79 Å². The van der Waals surface area contributed by atoms with Crippen LogP contribution in [0.2, 0.25) is 0 Å². The molecule has 0 aliphatic heterocycles. The first kappa shape index (κ1) is 16.3. The number of ether oxygens (including phenoxy) is 2. The first-order valence-electron chi connectivity index (χ1n) is 6.33. The smallest absolute Gasteiger partial charge is 0.412 e. The predicted octanol–water partition coefficient (Wildman–Crippen LogP) is 2.03. The van der Waals surface area contributed by atoms with Crippen molar-refractivity contribution >= 4 is 11.8 Å². The summed E-state index contributed by atoms with van der Waals surface area (Å²) in [4.78, 5) is 11.8. The van der Waals surface area contributed by atoms with Crippen LogP contribution in [0.4, 0.5) is 10.5 Å². The third-order valence-corrected chi connectivity index (χ3v) is 2.48. The lowest BCUT2D eigenvalue weighted by atomic mass is 10.1. The molecule has 20 heavy (non-hydrogen) atoms. The van der Waals surface area contributed by atoms with Crippen molar-refractivity contribution in [2.75, 3.05) is 19.0 Å². The molecule has 112 valence electrons. The molecule has 1 aromatic rings. The second-order valence-electron chi connectivity index (χ2n) is 5.33. The summed E-state index contributed by atoms with van der Waals surface area (Å²) in [5.41, 5.74) is 5.78. The van der Waals surface area contributed by atoms with Crippen LogP contribution in [0.15, 0.2) is 18.2 Å². The van der Waals surface area contributed by atoms with Crippen molar-refractivity contribution in [3.63, 3.8) is 0 Å². The molecular weight excluding hydrogens is 260 g/mol. The number of nitrogens with one attached hydrogen (secondary N) is 1. The van der Waals surface area contributed by atoms with Gasteiger partial charge >= 0.3 is 6.09 Å². The molecule has 0 spiro atoms. The van der Waals surface area contributed by atoms with Gasteiger partial charge in [0.2, 0.25) is 0 Å². The van der Waals surface area contributed by atoms with Gasteiger partial charge in [0, 0.05) is 18.2 Å². The molecular formula is C14H22N2O4. The Morgan fingerprint density at radius 2 is 2.10 bits per heavy atom. The van der Waals surface area contributed by atoms with E-state index in [-0.39, 0.29) is 6.54 Å². The first-order chi connectivity index (χ1) is 9.26. The molecule has 0 aliphatic carbocycles. The van der Waals surface area contributed by atoms with Crippen molar-refractivity contribution < 1.29 is 19.4 Å². The van der Waals surface area contributed by atoms with E-state index < -0.39 is 17.8 Å². The number of hydrogen-bond donors (Lipinski definition) is 3. The Morgan fingerprint density at radius 3 is 2.60 bits per heavy atom. The summed E-state index contributed by atoms with van der Waals surface area (Å²) in [7, 11) is 1.52. The molecule has 1 rings (SSSR count). The Labute approximate surface area is 118 Å². The SMILES string of the molecule is COc1ccc([C@H](O)CN)c(NC(=O)OC(C)(C)C)c1. The second-order valence-corrected chi connectivity index (χ2v) is 5.33. The monoisotopic (exact) mass is 282 g/mol. The maximum Gasteiger partial charge on any atom is 0.412 e. The van der Waals surface area contributed by atoms with E-state index in [0.29, 0.717) is 17.0 Å². The van der Waals surface area contributed by atoms with Gasteiger partial charge in [-0.3, -0.25) is 5.32 Å². The van der Waals surface area contributed by atoms with Crippen molar-refractivity contribution in [1.29, 1.82) is 0 Å². The van der Waals surface area contributed by atoms with Crippen LogP contribution >= 0.6 is 0 Å². The van der Waals surface area contributed by atoms with Crippen LogP contribution in [0.25, 0.3) is 0 Å². The summed E-state index contributed by atoms with van der Waals surface area (Å²) in [5, 5.41) is 12.5. The lowest BCUT2D eigenvalue weighted by Gasteiger charge is -2.21. The van der Waals surface area contributed by atoms with Gasteiger partial charge in [-0.1, -0.05) is 6.07 Å². The van der Waals surface area contributed by atoms with E-state index >= 15 is 0 Å². The highest BCUT2D eigenvalue weighted by atomic mass is 16.6. The molecule has 0 saturated carbocycles. The predicted molar refractivity (Wildman–Crippen MR) is 76.9 cm³/mol. The van der Waals surface area contributed by atoms with Crippen molar-refractivity contribution in [3.8, 4) is 5.75 Å². The minimum absolute atomic E-state index is 0.0509. The second kappa shape index (κ2) is 6.58. The molecule has 0 aromatic heterocycles. The molecule has 6 nitrogen and oxygen atoms in total. The van der Waals surface area contributed by atoms with E-state index in [4.69, 9.17) is 15.2 Å². The fourth-order valence-corrected chi connectivity index (χ4v) is 1.60. The Hall–Kier alpha value is -1.79. The summed E-state index contributed by atoms with van der Waals surface area (Å²) in [6.07, 6.45) is -1.47. The number of methoxy groups -OCH3 is 1. The maximum absolute atomic E-state index is 11.8. The number of aliphatic hydroxyl groups is 1. The average Bonchev–Trinajstić information content (AvgIpc) is 2.35. The third kappa shape index (κ3) is 4.71. The van der Waals surface area contributed by atoms with Crippen LogP contribution < -0.4 is 15.8 Å². The van der Waals surface area contributed by atoms with Crippen molar-refractivity contribution in [1.82, 2.24) is 0 Å². The normalized spacial score (nSPS) is 12.7. The van der Waals surface area contributed by atoms with Gasteiger partial charge in [-0.05, 0) is 26.8 Å². The molecule has 0 fully saturated rings. The van der Waals surface area contributed by atoms with Crippen LogP contribution in [0.1, 0.15) is 32.4 Å². The molecule has 0 unspecified atom stereocenters. The van der Waals surface area contributed by atoms with Crippen LogP contribution in [-0.4, -0.2) is 30.5 Å². The zero-order valence-corrected chi connectivity index (χ0v) is 12.3. The summed E-state index contributed by atoms with van der Waals surface area (Å²) >= 11 is 0. The molecule has 1 aromatic carbocycles. The highest BCUT2D eigenvalue weighted by Gasteiger charge is 2.19. The van der Waals surface area contributed by atoms with Gasteiger partial charge in [0.05, 0.1) is 18.9 Å². The van der Waals surface area contributed by atoms with E-state index in [9.17, 15) is 9.90 Å². The van der Waals surface area contributed by atoms with Crippen LogP contribution in [0.3, 0.4) is 0 Å². The van der Waals surface area contributed by atoms with Crippen LogP contribution in [0.5, 0.6) is 5.75 Å². The standard InChI is InChI=1S/C14H22N2O4/c1-14(2,3)20-13(18)16-11-7-9(19-4)5-6-10(11)12(17)8-15/h5-7,12,17H,8,15H2,1-4H3,(H,16,18)/t12-/m1/s1. The number of aliphatic hydroxyl groups excluding tert-OH is 1. The van der Waals surface area contributed by atoms with Gasteiger partial charge in [0.25, 0.3) is 0 Å². The van der Waals surface area contributed by atoms with Crippen molar-refractivity contribution in [3.05, 3.63) is 23.8 Å². The number of carbonyl (C=O) groups is 1. The molecule has 4 N–H and O–H groups in total. The van der Waals surface area contributed by atoms with Gasteiger partial charge in [0.1, 0.15) is 11.4 Å². The summed E-state index contributed by atoms with van der Waals surface area (Å²) in [6, 6.07) is 4.95. The zero-order chi connectivity index (χ0) is 15.3. The first-order valence-corrected chi connectivity index (χ1v) is 6.33.